The van der Waals surface area contributed by atoms with Crippen LogP contribution in [0.1, 0.15) is 48.5 Å². The zero-order chi connectivity index (χ0) is 14.0. The van der Waals surface area contributed by atoms with Crippen LogP contribution in [0, 0.1) is 13.8 Å². The molecule has 2 unspecified atom stereocenters. The van der Waals surface area contributed by atoms with Gasteiger partial charge >= 0.3 is 0 Å². The second kappa shape index (κ2) is 5.88. The third-order valence-electron chi connectivity index (χ3n) is 3.39. The molecule has 0 aliphatic rings. The Bertz CT molecular complexity index is 546. The van der Waals surface area contributed by atoms with Gasteiger partial charge in [0.1, 0.15) is 5.76 Å². The summed E-state index contributed by atoms with van der Waals surface area (Å²) in [7, 11) is 0. The second-order valence-electron chi connectivity index (χ2n) is 4.87. The molecule has 2 atom stereocenters. The van der Waals surface area contributed by atoms with E-state index in [0.29, 0.717) is 0 Å². The Morgan fingerprint density at radius 2 is 1.84 bits per heavy atom. The highest BCUT2D eigenvalue weighted by molar-refractivity contribution is 9.10. The molecule has 0 saturated carbocycles. The third kappa shape index (κ3) is 3.07. The molecule has 0 aliphatic heterocycles. The van der Waals surface area contributed by atoms with Crippen molar-refractivity contribution in [1.29, 1.82) is 0 Å². The van der Waals surface area contributed by atoms with E-state index in [9.17, 15) is 0 Å². The highest BCUT2D eigenvalue weighted by Crippen LogP contribution is 2.27. The van der Waals surface area contributed by atoms with E-state index in [1.165, 1.54) is 5.56 Å². The summed E-state index contributed by atoms with van der Waals surface area (Å²) in [6.07, 6.45) is 0. The molecule has 102 valence electrons. The molecule has 0 bridgehead atoms. The van der Waals surface area contributed by atoms with Gasteiger partial charge in [0, 0.05) is 22.1 Å². The molecule has 2 rings (SSSR count). The third-order valence-corrected chi connectivity index (χ3v) is 4.12. The average molecular weight is 323 g/mol. The Balaban J connectivity index is 2.16. The van der Waals surface area contributed by atoms with Gasteiger partial charge in [0.2, 0.25) is 0 Å². The molecular formula is C15H19BrN2O. The van der Waals surface area contributed by atoms with Gasteiger partial charge in [0.15, 0.2) is 0 Å². The van der Waals surface area contributed by atoms with E-state index < -0.39 is 0 Å². The van der Waals surface area contributed by atoms with Crippen LogP contribution in [0.4, 0.5) is 0 Å². The van der Waals surface area contributed by atoms with Crippen molar-refractivity contribution in [3.63, 3.8) is 0 Å². The van der Waals surface area contributed by atoms with Gasteiger partial charge in [-0.25, -0.2) is 0 Å². The minimum atomic E-state index is 0.202. The molecular weight excluding hydrogens is 304 g/mol. The van der Waals surface area contributed by atoms with Gasteiger partial charge in [-0.05, 0) is 39.3 Å². The minimum absolute atomic E-state index is 0.202. The molecule has 19 heavy (non-hydrogen) atoms. The van der Waals surface area contributed by atoms with E-state index in [0.717, 1.165) is 21.5 Å². The van der Waals surface area contributed by atoms with E-state index in [4.69, 9.17) is 4.52 Å². The molecule has 4 heteroatoms. The first kappa shape index (κ1) is 14.3. The molecule has 1 N–H and O–H groups in total. The number of hydrogen-bond donors (Lipinski definition) is 1. The topological polar surface area (TPSA) is 38.1 Å². The van der Waals surface area contributed by atoms with Crippen LogP contribution in [-0.2, 0) is 0 Å². The summed E-state index contributed by atoms with van der Waals surface area (Å²) in [5.74, 6) is 0.886. The fraction of sp³-hybridized carbons (Fsp3) is 0.400. The molecule has 0 fully saturated rings. The zero-order valence-electron chi connectivity index (χ0n) is 11.7. The summed E-state index contributed by atoms with van der Waals surface area (Å²) >= 11 is 3.59. The van der Waals surface area contributed by atoms with E-state index in [1.807, 2.05) is 19.9 Å². The van der Waals surface area contributed by atoms with Crippen molar-refractivity contribution in [3.05, 3.63) is 51.3 Å². The van der Waals surface area contributed by atoms with Crippen molar-refractivity contribution in [2.75, 3.05) is 0 Å². The summed E-state index contributed by atoms with van der Waals surface area (Å²) in [4.78, 5) is 0. The number of hydrogen-bond acceptors (Lipinski definition) is 3. The summed E-state index contributed by atoms with van der Waals surface area (Å²) < 4.78 is 6.35. The lowest BCUT2D eigenvalue weighted by molar-refractivity contribution is 0.389. The van der Waals surface area contributed by atoms with Crippen molar-refractivity contribution < 1.29 is 4.52 Å². The van der Waals surface area contributed by atoms with Crippen molar-refractivity contribution in [1.82, 2.24) is 10.5 Å². The first-order valence-corrected chi connectivity index (χ1v) is 7.23. The number of rotatable bonds is 4. The molecule has 3 nitrogen and oxygen atoms in total. The summed E-state index contributed by atoms with van der Waals surface area (Å²) in [6, 6.07) is 8.72. The van der Waals surface area contributed by atoms with Crippen molar-refractivity contribution in [2.45, 2.75) is 39.8 Å². The van der Waals surface area contributed by atoms with E-state index in [-0.39, 0.29) is 12.1 Å². The monoisotopic (exact) mass is 322 g/mol. The summed E-state index contributed by atoms with van der Waals surface area (Å²) in [5.41, 5.74) is 3.36. The van der Waals surface area contributed by atoms with E-state index in [2.05, 4.69) is 58.4 Å². The minimum Gasteiger partial charge on any atom is -0.361 e. The predicted molar refractivity (Wildman–Crippen MR) is 80.1 cm³/mol. The van der Waals surface area contributed by atoms with E-state index in [1.54, 1.807) is 0 Å². The van der Waals surface area contributed by atoms with Crippen LogP contribution in [0.2, 0.25) is 0 Å². The largest absolute Gasteiger partial charge is 0.361 e. The maximum atomic E-state index is 5.23. The standard InChI is InChI=1S/C15H19BrN2O/c1-9(13-7-5-6-8-14(13)16)17-10(2)15-11(3)18-19-12(15)4/h5-10,17H,1-4H3. The molecule has 1 aromatic heterocycles. The first-order chi connectivity index (χ1) is 9.00. The Kier molecular flexibility index (Phi) is 4.42. The van der Waals surface area contributed by atoms with Gasteiger partial charge in [0.25, 0.3) is 0 Å². The molecule has 0 radical (unpaired) electrons. The van der Waals surface area contributed by atoms with Gasteiger partial charge in [-0.1, -0.05) is 39.3 Å². The Hall–Kier alpha value is -1.13. The summed E-state index contributed by atoms with van der Waals surface area (Å²) in [6.45, 7) is 8.23. The maximum Gasteiger partial charge on any atom is 0.138 e. The van der Waals surface area contributed by atoms with Crippen molar-refractivity contribution in [3.8, 4) is 0 Å². The highest BCUT2D eigenvalue weighted by atomic mass is 79.9. The fourth-order valence-electron chi connectivity index (χ4n) is 2.48. The lowest BCUT2D eigenvalue weighted by atomic mass is 10.0. The lowest BCUT2D eigenvalue weighted by Gasteiger charge is -2.21. The van der Waals surface area contributed by atoms with Crippen molar-refractivity contribution >= 4 is 15.9 Å². The quantitative estimate of drug-likeness (QED) is 0.902. The van der Waals surface area contributed by atoms with Gasteiger partial charge in [-0.15, -0.1) is 0 Å². The molecule has 0 aliphatic carbocycles. The van der Waals surface area contributed by atoms with E-state index >= 15 is 0 Å². The van der Waals surface area contributed by atoms with Crippen LogP contribution in [0.25, 0.3) is 0 Å². The number of halogens is 1. The normalized spacial score (nSPS) is 14.4. The fourth-order valence-corrected chi connectivity index (χ4v) is 3.11. The SMILES string of the molecule is Cc1noc(C)c1C(C)NC(C)c1ccccc1Br. The van der Waals surface area contributed by atoms with Crippen LogP contribution < -0.4 is 5.32 Å². The van der Waals surface area contributed by atoms with Gasteiger partial charge in [-0.3, -0.25) is 0 Å². The molecule has 0 spiro atoms. The van der Waals surface area contributed by atoms with Crippen LogP contribution in [-0.4, -0.2) is 5.16 Å². The molecule has 1 aromatic carbocycles. The number of aryl methyl sites for hydroxylation is 2. The number of benzene rings is 1. The van der Waals surface area contributed by atoms with Crippen LogP contribution >= 0.6 is 15.9 Å². The Morgan fingerprint density at radius 1 is 1.16 bits per heavy atom. The number of nitrogens with zero attached hydrogens (tertiary/aromatic N) is 1. The summed E-state index contributed by atoms with van der Waals surface area (Å²) in [5, 5.41) is 7.60. The number of aromatic nitrogens is 1. The Labute approximate surface area is 122 Å². The number of nitrogens with one attached hydrogen (secondary N) is 1. The smallest absolute Gasteiger partial charge is 0.138 e. The lowest BCUT2D eigenvalue weighted by Crippen LogP contribution is -2.23. The first-order valence-electron chi connectivity index (χ1n) is 6.44. The molecule has 1 heterocycles. The maximum absolute atomic E-state index is 5.23. The molecule has 0 saturated heterocycles. The van der Waals surface area contributed by atoms with Crippen molar-refractivity contribution in [2.24, 2.45) is 0 Å². The Morgan fingerprint density at radius 3 is 2.42 bits per heavy atom. The van der Waals surface area contributed by atoms with Crippen LogP contribution in [0.5, 0.6) is 0 Å². The molecule has 2 aromatic rings. The average Bonchev–Trinajstić information content (AvgIpc) is 2.69. The highest BCUT2D eigenvalue weighted by Gasteiger charge is 2.19. The molecule has 0 amide bonds. The van der Waals surface area contributed by atoms with Crippen LogP contribution in [0.15, 0.2) is 33.3 Å². The van der Waals surface area contributed by atoms with Gasteiger partial charge in [-0.2, -0.15) is 0 Å². The van der Waals surface area contributed by atoms with Gasteiger partial charge < -0.3 is 9.84 Å². The second-order valence-corrected chi connectivity index (χ2v) is 5.72. The van der Waals surface area contributed by atoms with Crippen LogP contribution in [0.3, 0.4) is 0 Å². The predicted octanol–water partition coefficient (Wildman–Crippen LogP) is 4.47. The zero-order valence-corrected chi connectivity index (χ0v) is 13.3. The van der Waals surface area contributed by atoms with Gasteiger partial charge in [0.05, 0.1) is 5.69 Å².